The zero-order valence-electron chi connectivity index (χ0n) is 20.6. The molecule has 2 atom stereocenters. The quantitative estimate of drug-likeness (QED) is 0.286. The number of aryl methyl sites for hydroxylation is 3. The van der Waals surface area contributed by atoms with E-state index in [-0.39, 0.29) is 47.2 Å². The number of hydrogen-bond acceptors (Lipinski definition) is 4. The molecule has 1 fully saturated rings. The molecule has 0 radical (unpaired) electrons. The molecule has 0 saturated carbocycles. The van der Waals surface area contributed by atoms with Gasteiger partial charge in [0, 0.05) is 12.1 Å². The summed E-state index contributed by atoms with van der Waals surface area (Å²) in [7, 11) is 0. The molecule has 1 saturated heterocycles. The van der Waals surface area contributed by atoms with Crippen LogP contribution in [0.3, 0.4) is 0 Å². The van der Waals surface area contributed by atoms with Gasteiger partial charge in [-0.05, 0) is 60.8 Å². The summed E-state index contributed by atoms with van der Waals surface area (Å²) in [6.07, 6.45) is 0.346. The lowest BCUT2D eigenvalue weighted by Crippen LogP contribution is -2.36. The van der Waals surface area contributed by atoms with Crippen LogP contribution in [0.15, 0.2) is 47.0 Å². The number of unbranched alkanes of at least 4 members (excludes halogenated alkanes) is 1. The van der Waals surface area contributed by atoms with Crippen molar-refractivity contribution in [3.63, 3.8) is 0 Å². The van der Waals surface area contributed by atoms with E-state index in [9.17, 15) is 13.2 Å². The molecule has 0 spiro atoms. The molecule has 1 aliphatic heterocycles. The lowest BCUT2D eigenvalue weighted by molar-refractivity contribution is -0.138. The number of aromatic nitrogens is 2. The zero-order chi connectivity index (χ0) is 25.9. The van der Waals surface area contributed by atoms with Gasteiger partial charge in [-0.3, -0.25) is 5.41 Å². The summed E-state index contributed by atoms with van der Waals surface area (Å²) in [5.74, 6) is 0.372. The van der Waals surface area contributed by atoms with Crippen molar-refractivity contribution in [1.82, 2.24) is 15.0 Å². The number of likely N-dealkylation sites (tertiary alicyclic amines) is 1. The van der Waals surface area contributed by atoms with E-state index in [2.05, 4.69) is 29.2 Å². The molecule has 4 rings (SSSR count). The Bertz CT molecular complexity index is 1190. The molecular weight excluding hydrogens is 467 g/mol. The third kappa shape index (κ3) is 5.71. The highest BCUT2D eigenvalue weighted by atomic mass is 19.4. The summed E-state index contributed by atoms with van der Waals surface area (Å²) in [6.45, 7) is 4.73. The van der Waals surface area contributed by atoms with Crippen LogP contribution in [0.2, 0.25) is 0 Å². The minimum atomic E-state index is -4.51. The number of hydrogen-bond donors (Lipinski definition) is 2. The first-order valence-corrected chi connectivity index (χ1v) is 12.4. The molecule has 0 unspecified atom stereocenters. The van der Waals surface area contributed by atoms with Gasteiger partial charge in [0.1, 0.15) is 6.04 Å². The number of nitrogens with zero attached hydrogens (tertiary/aromatic N) is 3. The fourth-order valence-corrected chi connectivity index (χ4v) is 4.80. The minimum absolute atomic E-state index is 0.0901. The Morgan fingerprint density at radius 2 is 1.81 bits per heavy atom. The normalized spacial score (nSPS) is 18.1. The molecule has 0 aliphatic carbocycles. The Kier molecular flexibility index (Phi) is 7.66. The van der Waals surface area contributed by atoms with Crippen molar-refractivity contribution in [3.8, 4) is 11.4 Å². The van der Waals surface area contributed by atoms with Gasteiger partial charge in [0.25, 0.3) is 0 Å². The average molecular weight is 500 g/mol. The molecule has 0 amide bonds. The molecule has 3 N–H and O–H groups in total. The molecule has 36 heavy (non-hydrogen) atoms. The first-order valence-electron chi connectivity index (χ1n) is 12.4. The van der Waals surface area contributed by atoms with Gasteiger partial charge in [0.2, 0.25) is 11.7 Å². The van der Waals surface area contributed by atoms with Gasteiger partial charge in [-0.1, -0.05) is 61.8 Å². The number of benzene rings is 2. The second-order valence-corrected chi connectivity index (χ2v) is 9.54. The number of halogens is 3. The van der Waals surface area contributed by atoms with Crippen molar-refractivity contribution in [2.75, 3.05) is 6.54 Å². The fraction of sp³-hybridized carbons (Fsp3) is 0.444. The van der Waals surface area contributed by atoms with E-state index in [1.54, 1.807) is 11.0 Å². The smallest absolute Gasteiger partial charge is 0.370 e. The second-order valence-electron chi connectivity index (χ2n) is 9.54. The zero-order valence-corrected chi connectivity index (χ0v) is 20.6. The maximum Gasteiger partial charge on any atom is 0.416 e. The van der Waals surface area contributed by atoms with Crippen molar-refractivity contribution >= 4 is 5.96 Å². The summed E-state index contributed by atoms with van der Waals surface area (Å²) in [5, 5.41) is 11.7. The lowest BCUT2D eigenvalue weighted by atomic mass is 9.96. The van der Waals surface area contributed by atoms with Crippen LogP contribution >= 0.6 is 0 Å². The van der Waals surface area contributed by atoms with E-state index >= 15 is 0 Å². The van der Waals surface area contributed by atoms with Gasteiger partial charge in [0.15, 0.2) is 5.96 Å². The van der Waals surface area contributed by atoms with Crippen LogP contribution in [0.25, 0.3) is 11.4 Å². The van der Waals surface area contributed by atoms with E-state index < -0.39 is 11.7 Å². The number of guanidine groups is 1. The standard InChI is InChI=1S/C27H32F3N5O/c1-3-4-5-18-6-8-19(9-7-18)10-11-20-12-13-21(16-22(20)27(28,29)30)24-33-25(36-34-24)23-17(2)14-15-35(23)26(31)32/h6-9,12-13,16-17,23H,3-5,10-11,14-15H2,1-2H3,(H3,31,32)/t17-,23-/m0/s1. The molecule has 9 heteroatoms. The van der Waals surface area contributed by atoms with Crippen molar-refractivity contribution in [2.24, 2.45) is 11.7 Å². The summed E-state index contributed by atoms with van der Waals surface area (Å²) in [4.78, 5) is 6.05. The Hall–Kier alpha value is -3.36. The molecule has 1 aliphatic rings. The van der Waals surface area contributed by atoms with E-state index in [1.807, 2.05) is 19.1 Å². The predicted octanol–water partition coefficient (Wildman–Crippen LogP) is 6.16. The Labute approximate surface area is 209 Å². The predicted molar refractivity (Wildman–Crippen MR) is 132 cm³/mol. The van der Waals surface area contributed by atoms with Crippen LogP contribution in [0, 0.1) is 11.3 Å². The minimum Gasteiger partial charge on any atom is -0.370 e. The maximum atomic E-state index is 14.0. The summed E-state index contributed by atoms with van der Waals surface area (Å²) >= 11 is 0. The highest BCUT2D eigenvalue weighted by Gasteiger charge is 2.38. The topological polar surface area (TPSA) is 92.0 Å². The van der Waals surface area contributed by atoms with E-state index in [0.29, 0.717) is 13.0 Å². The maximum absolute atomic E-state index is 14.0. The molecule has 3 aromatic rings. The molecule has 192 valence electrons. The summed E-state index contributed by atoms with van der Waals surface area (Å²) in [6, 6.07) is 12.0. The van der Waals surface area contributed by atoms with Crippen LogP contribution in [0.1, 0.15) is 67.3 Å². The van der Waals surface area contributed by atoms with Gasteiger partial charge < -0.3 is 15.2 Å². The SMILES string of the molecule is CCCCc1ccc(CCc2ccc(-c3noc([C@@H]4[C@@H](C)CCN4C(=N)N)n3)cc2C(F)(F)F)cc1. The third-order valence-electron chi connectivity index (χ3n) is 6.90. The highest BCUT2D eigenvalue weighted by molar-refractivity contribution is 5.75. The molecule has 0 bridgehead atoms. The summed E-state index contributed by atoms with van der Waals surface area (Å²) in [5.41, 5.74) is 7.72. The van der Waals surface area contributed by atoms with E-state index in [0.717, 1.165) is 37.3 Å². The Morgan fingerprint density at radius 1 is 1.11 bits per heavy atom. The molecule has 2 aromatic carbocycles. The Morgan fingerprint density at radius 3 is 2.44 bits per heavy atom. The van der Waals surface area contributed by atoms with Gasteiger partial charge in [-0.15, -0.1) is 0 Å². The van der Waals surface area contributed by atoms with Gasteiger partial charge in [-0.25, -0.2) is 0 Å². The molecule has 6 nitrogen and oxygen atoms in total. The van der Waals surface area contributed by atoms with Crippen LogP contribution in [-0.4, -0.2) is 27.5 Å². The van der Waals surface area contributed by atoms with Crippen molar-refractivity contribution in [3.05, 3.63) is 70.6 Å². The Balaban J connectivity index is 1.53. The lowest BCUT2D eigenvalue weighted by Gasteiger charge is -2.23. The van der Waals surface area contributed by atoms with E-state index in [4.69, 9.17) is 15.7 Å². The molecule has 2 heterocycles. The molecular formula is C27H32F3N5O. The number of nitrogens with two attached hydrogens (primary N) is 1. The second kappa shape index (κ2) is 10.7. The van der Waals surface area contributed by atoms with Gasteiger partial charge in [-0.2, -0.15) is 18.2 Å². The summed E-state index contributed by atoms with van der Waals surface area (Å²) < 4.78 is 47.3. The number of nitrogens with one attached hydrogen (secondary N) is 1. The monoisotopic (exact) mass is 499 g/mol. The largest absolute Gasteiger partial charge is 0.416 e. The number of rotatable bonds is 8. The van der Waals surface area contributed by atoms with Crippen molar-refractivity contribution < 1.29 is 17.7 Å². The van der Waals surface area contributed by atoms with E-state index in [1.165, 1.54) is 11.6 Å². The highest BCUT2D eigenvalue weighted by Crippen LogP contribution is 2.38. The number of alkyl halides is 3. The van der Waals surface area contributed by atoms with Crippen molar-refractivity contribution in [1.29, 1.82) is 5.41 Å². The molecule has 1 aromatic heterocycles. The third-order valence-corrected chi connectivity index (χ3v) is 6.90. The van der Waals surface area contributed by atoms with Crippen LogP contribution in [0.4, 0.5) is 13.2 Å². The van der Waals surface area contributed by atoms with Crippen LogP contribution in [0.5, 0.6) is 0 Å². The van der Waals surface area contributed by atoms with Crippen LogP contribution in [-0.2, 0) is 25.4 Å². The first-order chi connectivity index (χ1) is 17.2. The fourth-order valence-electron chi connectivity index (χ4n) is 4.80. The van der Waals surface area contributed by atoms with Gasteiger partial charge >= 0.3 is 6.18 Å². The van der Waals surface area contributed by atoms with Crippen molar-refractivity contribution in [2.45, 2.75) is 64.6 Å². The van der Waals surface area contributed by atoms with Gasteiger partial charge in [0.05, 0.1) is 5.56 Å². The van der Waals surface area contributed by atoms with Crippen LogP contribution < -0.4 is 5.73 Å². The first kappa shape index (κ1) is 25.7. The average Bonchev–Trinajstić information content (AvgIpc) is 3.48.